The molecule has 0 aliphatic heterocycles. The fraction of sp³-hybridized carbons (Fsp3) is 0.833. The molecule has 0 radical (unpaired) electrons. The van der Waals surface area contributed by atoms with Crippen molar-refractivity contribution in [2.45, 2.75) is 24.8 Å². The van der Waals surface area contributed by atoms with Crippen LogP contribution in [0.2, 0.25) is 5.02 Å². The average molecular weight is 307 g/mol. The van der Waals surface area contributed by atoms with Crippen LogP contribution < -0.4 is 24.0 Å². The minimum atomic E-state index is -0.0500. The third-order valence-electron chi connectivity index (χ3n) is 0.936. The molecule has 0 saturated carbocycles. The van der Waals surface area contributed by atoms with Crippen molar-refractivity contribution in [2.24, 2.45) is 0 Å². The van der Waals surface area contributed by atoms with Gasteiger partial charge in [-0.1, -0.05) is 0 Å². The van der Waals surface area contributed by atoms with Gasteiger partial charge in [0.05, 0.1) is 0 Å². The van der Waals surface area contributed by atoms with E-state index < -0.39 is 0 Å². The molecule has 0 aromatic rings. The molecule has 0 spiro atoms. The molecule has 0 heterocycles. The third kappa shape index (κ3) is 8.82. The minimum Gasteiger partial charge on any atom is -1.00 e. The van der Waals surface area contributed by atoms with Crippen molar-refractivity contribution >= 4 is 5.97 Å². The van der Waals surface area contributed by atoms with E-state index in [1.807, 2.05) is 6.92 Å². The van der Waals surface area contributed by atoms with E-state index in [-0.39, 0.29) is 29.9 Å². The van der Waals surface area contributed by atoms with Gasteiger partial charge in [-0.15, -0.1) is 0 Å². The Hall–Kier alpha value is 0.823. The Morgan fingerprint density at radius 3 is 2.60 bits per heavy atom. The van der Waals surface area contributed by atoms with E-state index in [0.717, 1.165) is 6.42 Å². The summed E-state index contributed by atoms with van der Waals surface area (Å²) in [6, 6.07) is 0. The zero-order chi connectivity index (χ0) is 7.11. The van der Waals surface area contributed by atoms with Crippen LogP contribution in [0.3, 0.4) is 0 Å². The number of hydrogen-bond donors (Lipinski definition) is 0. The zero-order valence-corrected chi connectivity index (χ0v) is 11.4. The first-order valence-corrected chi connectivity index (χ1v) is 5.36. The van der Waals surface area contributed by atoms with Gasteiger partial charge >= 0.3 is 65.2 Å². The summed E-state index contributed by atoms with van der Waals surface area (Å²) < 4.78 is 4.72. The molecule has 0 aliphatic carbocycles. The third-order valence-corrected chi connectivity index (χ3v) is 1.99. The molecule has 0 aromatic carbocycles. The Labute approximate surface area is 88.8 Å². The van der Waals surface area contributed by atoms with Gasteiger partial charge in [0.25, 0.3) is 0 Å². The van der Waals surface area contributed by atoms with Crippen molar-refractivity contribution < 1.29 is 51.8 Å². The second kappa shape index (κ2) is 9.82. The molecule has 4 heteroatoms. The largest absolute Gasteiger partial charge is 1.00 e. The molecule has 0 bridgehead atoms. The van der Waals surface area contributed by atoms with Crippen LogP contribution in [0.25, 0.3) is 0 Å². The van der Waals surface area contributed by atoms with Crippen LogP contribution in [0.15, 0.2) is 0 Å². The van der Waals surface area contributed by atoms with Gasteiger partial charge in [0.1, 0.15) is 0 Å². The van der Waals surface area contributed by atoms with E-state index in [4.69, 9.17) is 4.74 Å². The van der Waals surface area contributed by atoms with Crippen LogP contribution >= 0.6 is 0 Å². The van der Waals surface area contributed by atoms with Crippen LogP contribution in [0.4, 0.5) is 0 Å². The van der Waals surface area contributed by atoms with Crippen LogP contribution in [0.1, 0.15) is 19.8 Å². The summed E-state index contributed by atoms with van der Waals surface area (Å²) in [6.07, 6.45) is 1.60. The zero-order valence-electron chi connectivity index (χ0n) is 6.23. The summed E-state index contributed by atoms with van der Waals surface area (Å²) in [5, 5.41) is 1.18. The van der Waals surface area contributed by atoms with E-state index in [0.29, 0.717) is 13.0 Å². The molecule has 0 N–H and O–H groups in total. The predicted molar refractivity (Wildman–Crippen MR) is 30.7 cm³/mol. The molecule has 0 saturated heterocycles. The molecule has 0 amide bonds. The molecule has 0 atom stereocenters. The minimum absolute atomic E-state index is 0. The molecule has 56 valence electrons. The number of carbonyl (C=O) groups excluding carboxylic acids is 1. The maximum Gasteiger partial charge on any atom is -1.00 e. The topological polar surface area (TPSA) is 26.3 Å². The maximum absolute atomic E-state index is 10.6. The quantitative estimate of drug-likeness (QED) is 0.352. The van der Waals surface area contributed by atoms with Crippen LogP contribution in [-0.2, 0) is 27.8 Å². The Morgan fingerprint density at radius 1 is 1.60 bits per heavy atom. The Morgan fingerprint density at radius 2 is 2.20 bits per heavy atom. The number of ether oxygens (including phenoxy) is 1. The van der Waals surface area contributed by atoms with Crippen LogP contribution in [-0.4, -0.2) is 12.6 Å². The molecule has 0 rings (SSSR count). The van der Waals surface area contributed by atoms with E-state index in [1.165, 1.54) is 23.3 Å². The first-order valence-electron chi connectivity index (χ1n) is 3.26. The van der Waals surface area contributed by atoms with Gasteiger partial charge in [-0.3, -0.25) is 0 Å². The van der Waals surface area contributed by atoms with Crippen LogP contribution in [0.5, 0.6) is 0 Å². The Kier molecular flexibility index (Phi) is 13.2. The molecular weight excluding hydrogens is 296 g/mol. The number of rotatable bonds is 4. The number of halogens is 1. The van der Waals surface area contributed by atoms with Gasteiger partial charge in [-0.25, -0.2) is 0 Å². The molecule has 0 fully saturated rings. The fourth-order valence-electron chi connectivity index (χ4n) is 0.502. The normalized spacial score (nSPS) is 8.30. The van der Waals surface area contributed by atoms with Gasteiger partial charge in [0.2, 0.25) is 0 Å². The van der Waals surface area contributed by atoms with Crippen molar-refractivity contribution in [2.75, 3.05) is 6.61 Å². The van der Waals surface area contributed by atoms with E-state index >= 15 is 0 Å². The van der Waals surface area contributed by atoms with Gasteiger partial charge in [0.15, 0.2) is 0 Å². The summed E-state index contributed by atoms with van der Waals surface area (Å²) >= 11 is 1.28. The Bertz CT molecular complexity index is 87.8. The molecule has 0 unspecified atom stereocenters. The van der Waals surface area contributed by atoms with Gasteiger partial charge in [-0.05, 0) is 0 Å². The summed E-state index contributed by atoms with van der Waals surface area (Å²) in [6.45, 7) is 2.34. The monoisotopic (exact) mass is 306 g/mol. The van der Waals surface area contributed by atoms with Gasteiger partial charge in [-0.2, -0.15) is 0 Å². The molecular formula is C6H11IO2Zn. The van der Waals surface area contributed by atoms with E-state index in [2.05, 4.69) is 0 Å². The smallest absolute Gasteiger partial charge is 1.00 e. The van der Waals surface area contributed by atoms with Gasteiger partial charge < -0.3 is 24.0 Å². The molecule has 2 nitrogen and oxygen atoms in total. The van der Waals surface area contributed by atoms with E-state index in [9.17, 15) is 4.79 Å². The van der Waals surface area contributed by atoms with E-state index in [1.54, 1.807) is 0 Å². The van der Waals surface area contributed by atoms with Crippen molar-refractivity contribution in [1.82, 2.24) is 0 Å². The van der Waals surface area contributed by atoms with Crippen LogP contribution in [0, 0.1) is 0 Å². The number of hydrogen-bond acceptors (Lipinski definition) is 2. The number of carbonyl (C=O) groups is 1. The fourth-order valence-corrected chi connectivity index (χ4v) is 1.03. The SMILES string of the molecule is CCOC(=O)CC[CH2][Zn+].[I-]. The second-order valence-corrected chi connectivity index (χ2v) is 3.25. The molecule has 0 aliphatic rings. The van der Waals surface area contributed by atoms with Crippen molar-refractivity contribution in [3.05, 3.63) is 0 Å². The summed E-state index contributed by atoms with van der Waals surface area (Å²) in [4.78, 5) is 10.6. The predicted octanol–water partition coefficient (Wildman–Crippen LogP) is -1.70. The summed E-state index contributed by atoms with van der Waals surface area (Å²) in [5.74, 6) is -0.0500. The first kappa shape index (κ1) is 13.4. The van der Waals surface area contributed by atoms with Crippen molar-refractivity contribution in [1.29, 1.82) is 0 Å². The number of esters is 1. The first-order chi connectivity index (χ1) is 4.31. The summed E-state index contributed by atoms with van der Waals surface area (Å²) in [7, 11) is 0. The van der Waals surface area contributed by atoms with Gasteiger partial charge in [0, 0.05) is 0 Å². The standard InChI is InChI=1S/C6H11O2.HI.Zn/c1-3-5-6(7)8-4-2;;/h1,3-5H2,2H3;1H;/q;;+1/p-1. The summed E-state index contributed by atoms with van der Waals surface area (Å²) in [5.41, 5.74) is 0. The van der Waals surface area contributed by atoms with Crippen molar-refractivity contribution in [3.63, 3.8) is 0 Å². The second-order valence-electron chi connectivity index (χ2n) is 1.76. The maximum atomic E-state index is 10.6. The average Bonchev–Trinajstić information content (AvgIpc) is 1.85. The Balaban J connectivity index is 0. The molecule has 0 aromatic heterocycles. The molecule has 10 heavy (non-hydrogen) atoms. The van der Waals surface area contributed by atoms with Crippen molar-refractivity contribution in [3.8, 4) is 0 Å².